The average molecular weight is 485 g/mol. The molecule has 0 aromatic heterocycles. The zero-order valence-electron chi connectivity index (χ0n) is 17.7. The second kappa shape index (κ2) is 11.4. The number of hydrogen-bond donors (Lipinski definition) is 0. The first kappa shape index (κ1) is 24.8. The van der Waals surface area contributed by atoms with E-state index in [2.05, 4.69) is 16.9 Å². The number of benzene rings is 2. The van der Waals surface area contributed by atoms with Gasteiger partial charge in [-0.1, -0.05) is 30.3 Å². The number of anilines is 1. The Bertz CT molecular complexity index is 966. The zero-order chi connectivity index (χ0) is 23.8. The summed E-state index contributed by atoms with van der Waals surface area (Å²) in [5.74, 6) is -2.52. The first-order valence-electron chi connectivity index (χ1n) is 10.1. The highest BCUT2D eigenvalue weighted by molar-refractivity contribution is 7.86. The highest BCUT2D eigenvalue weighted by Gasteiger charge is 2.43. The van der Waals surface area contributed by atoms with Crippen molar-refractivity contribution in [2.24, 2.45) is 10.2 Å². The highest BCUT2D eigenvalue weighted by atomic mass is 32.2. The number of likely N-dealkylation sites (tertiary alicyclic amines) is 1. The molecule has 0 amide bonds. The van der Waals surface area contributed by atoms with Crippen LogP contribution in [0, 0.1) is 0 Å². The van der Waals surface area contributed by atoms with Crippen LogP contribution >= 0.6 is 0 Å². The standard InChI is InChI=1S/C22H24F4N4O2S/c1-27-28-21(32-14-20(23)24)18-9-7-17(8-10-18)13-30(19-5-3-2-4-6-19)33(31)12-11-29-15-22(25,26)16-29/h2-10,20H,1,11-16H2/b28-21-. The summed E-state index contributed by atoms with van der Waals surface area (Å²) in [5.41, 5.74) is 1.97. The van der Waals surface area contributed by atoms with Gasteiger partial charge >= 0.3 is 0 Å². The normalized spacial score (nSPS) is 16.8. The second-order valence-electron chi connectivity index (χ2n) is 7.41. The molecule has 1 saturated heterocycles. The quantitative estimate of drug-likeness (QED) is 0.210. The summed E-state index contributed by atoms with van der Waals surface area (Å²) in [4.78, 5) is 1.57. The van der Waals surface area contributed by atoms with Gasteiger partial charge in [0, 0.05) is 24.5 Å². The van der Waals surface area contributed by atoms with Gasteiger partial charge in [-0.15, -0.1) is 5.10 Å². The van der Waals surface area contributed by atoms with Crippen LogP contribution in [0.4, 0.5) is 23.2 Å². The van der Waals surface area contributed by atoms with Crippen LogP contribution in [0.3, 0.4) is 0 Å². The highest BCUT2D eigenvalue weighted by Crippen LogP contribution is 2.26. The van der Waals surface area contributed by atoms with Crippen LogP contribution in [-0.2, 0) is 22.3 Å². The minimum Gasteiger partial charge on any atom is -0.470 e. The number of para-hydroxylation sites is 1. The molecule has 0 N–H and O–H groups in total. The minimum absolute atomic E-state index is 0.0771. The largest absolute Gasteiger partial charge is 0.470 e. The van der Waals surface area contributed by atoms with Crippen molar-refractivity contribution < 1.29 is 26.5 Å². The lowest BCUT2D eigenvalue weighted by Gasteiger charge is -2.38. The lowest BCUT2D eigenvalue weighted by molar-refractivity contribution is -0.127. The van der Waals surface area contributed by atoms with E-state index in [-0.39, 0.29) is 31.3 Å². The summed E-state index contributed by atoms with van der Waals surface area (Å²) >= 11 is 0. The molecule has 1 aliphatic rings. The number of alkyl halides is 4. The average Bonchev–Trinajstić information content (AvgIpc) is 2.78. The van der Waals surface area contributed by atoms with Crippen LogP contribution in [0.15, 0.2) is 64.8 Å². The molecule has 1 unspecified atom stereocenters. The van der Waals surface area contributed by atoms with Crippen molar-refractivity contribution in [2.75, 3.05) is 36.3 Å². The Morgan fingerprint density at radius 2 is 1.82 bits per heavy atom. The van der Waals surface area contributed by atoms with Gasteiger partial charge in [-0.2, -0.15) is 5.10 Å². The lowest BCUT2D eigenvalue weighted by Crippen LogP contribution is -2.57. The molecule has 0 radical (unpaired) electrons. The fourth-order valence-electron chi connectivity index (χ4n) is 3.25. The number of hydrogen-bond acceptors (Lipinski definition) is 5. The first-order valence-corrected chi connectivity index (χ1v) is 11.4. The van der Waals surface area contributed by atoms with Crippen molar-refractivity contribution in [3.8, 4) is 0 Å². The summed E-state index contributed by atoms with van der Waals surface area (Å²) in [6.07, 6.45) is -2.66. The number of nitrogens with zero attached hydrogens (tertiary/aromatic N) is 4. The van der Waals surface area contributed by atoms with Crippen molar-refractivity contribution in [3.63, 3.8) is 0 Å². The fourth-order valence-corrected chi connectivity index (χ4v) is 4.54. The fraction of sp³-hybridized carbons (Fsp3) is 0.364. The molecule has 11 heteroatoms. The lowest BCUT2D eigenvalue weighted by atomic mass is 10.1. The summed E-state index contributed by atoms with van der Waals surface area (Å²) in [5, 5.41) is 7.00. The summed E-state index contributed by atoms with van der Waals surface area (Å²) in [7, 11) is -1.46. The van der Waals surface area contributed by atoms with Crippen LogP contribution in [0.1, 0.15) is 11.1 Å². The van der Waals surface area contributed by atoms with E-state index in [1.165, 1.54) is 0 Å². The molecule has 0 spiro atoms. The van der Waals surface area contributed by atoms with Crippen molar-refractivity contribution in [3.05, 3.63) is 65.7 Å². The van der Waals surface area contributed by atoms with Gasteiger partial charge in [-0.3, -0.25) is 9.21 Å². The van der Waals surface area contributed by atoms with Crippen LogP contribution in [-0.4, -0.2) is 66.1 Å². The molecule has 0 bridgehead atoms. The summed E-state index contributed by atoms with van der Waals surface area (Å²) in [6, 6.07) is 15.9. The molecule has 1 atom stereocenters. The molecular weight excluding hydrogens is 460 g/mol. The van der Waals surface area contributed by atoms with Crippen LogP contribution in [0.2, 0.25) is 0 Å². The molecule has 2 aromatic carbocycles. The van der Waals surface area contributed by atoms with E-state index in [4.69, 9.17) is 4.74 Å². The van der Waals surface area contributed by atoms with E-state index in [0.717, 1.165) is 11.3 Å². The molecule has 178 valence electrons. The number of ether oxygens (including phenoxy) is 1. The smallest absolute Gasteiger partial charge is 0.272 e. The molecular formula is C22H24F4N4O2S. The Labute approximate surface area is 192 Å². The third kappa shape index (κ3) is 7.36. The molecule has 0 aliphatic carbocycles. The summed E-state index contributed by atoms with van der Waals surface area (Å²) in [6.45, 7) is 2.37. The Kier molecular flexibility index (Phi) is 8.56. The van der Waals surface area contributed by atoms with E-state index in [1.807, 2.05) is 30.3 Å². The predicted molar refractivity (Wildman–Crippen MR) is 122 cm³/mol. The van der Waals surface area contributed by atoms with E-state index in [9.17, 15) is 21.8 Å². The van der Waals surface area contributed by atoms with E-state index < -0.39 is 29.9 Å². The molecule has 1 aliphatic heterocycles. The Balaban J connectivity index is 1.69. The topological polar surface area (TPSA) is 57.5 Å². The molecule has 2 aromatic rings. The Morgan fingerprint density at radius 1 is 1.15 bits per heavy atom. The third-order valence-electron chi connectivity index (χ3n) is 4.82. The molecule has 6 nitrogen and oxygen atoms in total. The third-order valence-corrected chi connectivity index (χ3v) is 6.18. The number of halogens is 4. The maximum atomic E-state index is 13.1. The van der Waals surface area contributed by atoms with Crippen molar-refractivity contribution >= 4 is 29.3 Å². The molecule has 33 heavy (non-hydrogen) atoms. The Hall–Kier alpha value is -2.79. The van der Waals surface area contributed by atoms with Gasteiger partial charge < -0.3 is 4.74 Å². The van der Waals surface area contributed by atoms with Crippen molar-refractivity contribution in [1.29, 1.82) is 0 Å². The van der Waals surface area contributed by atoms with Crippen LogP contribution in [0.5, 0.6) is 0 Å². The van der Waals surface area contributed by atoms with Gasteiger partial charge in [0.05, 0.1) is 25.4 Å². The maximum absolute atomic E-state index is 13.1. The van der Waals surface area contributed by atoms with Gasteiger partial charge in [-0.05, 0) is 29.8 Å². The SMILES string of the molecule is C=N/N=C(\OCC(F)F)c1ccc(CN(c2ccccc2)S(=O)CCN2CC(F)(F)C2)cc1. The predicted octanol–water partition coefficient (Wildman–Crippen LogP) is 3.95. The van der Waals surface area contributed by atoms with Gasteiger partial charge in [0.2, 0.25) is 5.90 Å². The Morgan fingerprint density at radius 3 is 2.39 bits per heavy atom. The van der Waals surface area contributed by atoms with Gasteiger partial charge in [0.25, 0.3) is 12.3 Å². The molecule has 1 fully saturated rings. The van der Waals surface area contributed by atoms with Gasteiger partial charge in [-0.25, -0.2) is 21.8 Å². The minimum atomic E-state index is -2.66. The van der Waals surface area contributed by atoms with E-state index >= 15 is 0 Å². The number of rotatable bonds is 11. The molecule has 0 saturated carbocycles. The van der Waals surface area contributed by atoms with E-state index in [0.29, 0.717) is 12.1 Å². The maximum Gasteiger partial charge on any atom is 0.272 e. The summed E-state index contributed by atoms with van der Waals surface area (Å²) < 4.78 is 70.8. The van der Waals surface area contributed by atoms with Crippen LogP contribution in [0.25, 0.3) is 0 Å². The molecule has 1 heterocycles. The van der Waals surface area contributed by atoms with Crippen molar-refractivity contribution in [2.45, 2.75) is 18.9 Å². The van der Waals surface area contributed by atoms with Crippen molar-refractivity contribution in [1.82, 2.24) is 4.90 Å². The van der Waals surface area contributed by atoms with Gasteiger partial charge in [0.1, 0.15) is 11.0 Å². The first-order chi connectivity index (χ1) is 15.8. The monoisotopic (exact) mass is 484 g/mol. The van der Waals surface area contributed by atoms with Crippen LogP contribution < -0.4 is 4.31 Å². The second-order valence-corrected chi connectivity index (χ2v) is 8.90. The molecule has 3 rings (SSSR count). The zero-order valence-corrected chi connectivity index (χ0v) is 18.6. The van der Waals surface area contributed by atoms with E-state index in [1.54, 1.807) is 33.5 Å². The van der Waals surface area contributed by atoms with Gasteiger partial charge in [0.15, 0.2) is 6.61 Å².